The summed E-state index contributed by atoms with van der Waals surface area (Å²) in [4.78, 5) is 19.6. The Morgan fingerprint density at radius 2 is 2.13 bits per heavy atom. The highest BCUT2D eigenvalue weighted by Crippen LogP contribution is 2.24. The van der Waals surface area contributed by atoms with Crippen molar-refractivity contribution in [3.63, 3.8) is 0 Å². The number of hydrogen-bond donors (Lipinski definition) is 1. The number of rotatable bonds is 8. The summed E-state index contributed by atoms with van der Waals surface area (Å²) in [6, 6.07) is 15.9. The molecule has 8 heteroatoms. The summed E-state index contributed by atoms with van der Waals surface area (Å²) in [6.07, 6.45) is 1.66. The first kappa shape index (κ1) is 21.5. The number of hydrogen-bond acceptors (Lipinski definition) is 7. The van der Waals surface area contributed by atoms with Gasteiger partial charge in [0.15, 0.2) is 0 Å². The number of aryl methyl sites for hydroxylation is 1. The Morgan fingerprint density at radius 3 is 2.94 bits per heavy atom. The average Bonchev–Trinajstić information content (AvgIpc) is 3.22. The summed E-state index contributed by atoms with van der Waals surface area (Å²) < 4.78 is 11.0. The zero-order chi connectivity index (χ0) is 21.5. The van der Waals surface area contributed by atoms with Crippen LogP contribution in [0, 0.1) is 6.92 Å². The number of morpholine rings is 1. The fraction of sp³-hybridized carbons (Fsp3) is 0.348. The summed E-state index contributed by atoms with van der Waals surface area (Å²) in [5, 5.41) is 7.69. The molecule has 0 aliphatic carbocycles. The van der Waals surface area contributed by atoms with Crippen molar-refractivity contribution in [2.45, 2.75) is 30.4 Å². The Kier molecular flexibility index (Phi) is 7.35. The molecular formula is C23H26N4O3S. The summed E-state index contributed by atoms with van der Waals surface area (Å²) >= 11 is 1.47. The molecular weight excluding hydrogens is 412 g/mol. The van der Waals surface area contributed by atoms with Crippen molar-refractivity contribution >= 4 is 17.7 Å². The first-order valence-electron chi connectivity index (χ1n) is 10.3. The van der Waals surface area contributed by atoms with Crippen molar-refractivity contribution in [2.24, 2.45) is 0 Å². The van der Waals surface area contributed by atoms with E-state index in [1.807, 2.05) is 19.1 Å². The van der Waals surface area contributed by atoms with Crippen LogP contribution in [-0.2, 0) is 17.0 Å². The maximum Gasteiger partial charge on any atom is 0.254 e. The van der Waals surface area contributed by atoms with Crippen molar-refractivity contribution in [3.8, 4) is 0 Å². The number of pyridine rings is 1. The Morgan fingerprint density at radius 1 is 1.26 bits per heavy atom. The minimum Gasteiger partial charge on any atom is -0.374 e. The number of nitrogens with zero attached hydrogens (tertiary/aromatic N) is 3. The van der Waals surface area contributed by atoms with Crippen LogP contribution >= 0.6 is 11.8 Å². The molecule has 1 fully saturated rings. The van der Waals surface area contributed by atoms with Gasteiger partial charge in [0.05, 0.1) is 24.0 Å². The van der Waals surface area contributed by atoms with Gasteiger partial charge >= 0.3 is 0 Å². The molecule has 0 spiro atoms. The maximum atomic E-state index is 12.8. The summed E-state index contributed by atoms with van der Waals surface area (Å²) in [5.41, 5.74) is 2.67. The van der Waals surface area contributed by atoms with E-state index in [-0.39, 0.29) is 12.0 Å². The fourth-order valence-corrected chi connectivity index (χ4v) is 4.37. The van der Waals surface area contributed by atoms with Gasteiger partial charge in [0.2, 0.25) is 0 Å². The predicted octanol–water partition coefficient (Wildman–Crippen LogP) is 3.30. The van der Waals surface area contributed by atoms with Gasteiger partial charge in [0.1, 0.15) is 10.8 Å². The maximum absolute atomic E-state index is 12.8. The third-order valence-corrected chi connectivity index (χ3v) is 6.05. The second-order valence-corrected chi connectivity index (χ2v) is 8.46. The van der Waals surface area contributed by atoms with Crippen LogP contribution in [-0.4, -0.2) is 53.3 Å². The van der Waals surface area contributed by atoms with Crippen molar-refractivity contribution in [1.82, 2.24) is 20.4 Å². The Hall–Kier alpha value is -2.68. The fourth-order valence-electron chi connectivity index (χ4n) is 3.50. The number of ether oxygens (including phenoxy) is 1. The molecule has 1 aliphatic rings. The molecule has 0 saturated carbocycles. The highest BCUT2D eigenvalue weighted by molar-refractivity contribution is 7.98. The predicted molar refractivity (Wildman–Crippen MR) is 119 cm³/mol. The van der Waals surface area contributed by atoms with Crippen LogP contribution in [0.3, 0.4) is 0 Å². The number of thioether (sulfide) groups is 1. The van der Waals surface area contributed by atoms with E-state index in [1.54, 1.807) is 18.3 Å². The molecule has 1 N–H and O–H groups in total. The molecule has 1 amide bonds. The van der Waals surface area contributed by atoms with Crippen molar-refractivity contribution in [3.05, 3.63) is 77.3 Å². The largest absolute Gasteiger partial charge is 0.374 e. The van der Waals surface area contributed by atoms with Crippen molar-refractivity contribution in [1.29, 1.82) is 0 Å². The zero-order valence-electron chi connectivity index (χ0n) is 17.5. The van der Waals surface area contributed by atoms with Crippen LogP contribution in [0.25, 0.3) is 0 Å². The smallest absolute Gasteiger partial charge is 0.254 e. The SMILES string of the molecule is Cc1cc(CSc2ncccc2C(=O)NCC2CN(Cc3ccccc3)CCO2)no1. The van der Waals surface area contributed by atoms with Gasteiger partial charge in [-0.2, -0.15) is 0 Å². The Labute approximate surface area is 186 Å². The quantitative estimate of drug-likeness (QED) is 0.541. The van der Waals surface area contributed by atoms with E-state index >= 15 is 0 Å². The number of nitrogens with one attached hydrogen (secondary N) is 1. The molecule has 1 saturated heterocycles. The lowest BCUT2D eigenvalue weighted by Gasteiger charge is -2.33. The number of amides is 1. The summed E-state index contributed by atoms with van der Waals surface area (Å²) in [6.45, 7) is 5.55. The van der Waals surface area contributed by atoms with E-state index in [0.29, 0.717) is 29.5 Å². The molecule has 3 heterocycles. The normalized spacial score (nSPS) is 16.9. The van der Waals surface area contributed by atoms with E-state index < -0.39 is 0 Å². The molecule has 4 rings (SSSR count). The second-order valence-electron chi connectivity index (χ2n) is 7.50. The van der Waals surface area contributed by atoms with Crippen molar-refractivity contribution < 1.29 is 14.1 Å². The number of carbonyl (C=O) groups excluding carboxylic acids is 1. The third-order valence-electron chi connectivity index (χ3n) is 5.01. The lowest BCUT2D eigenvalue weighted by atomic mass is 10.2. The van der Waals surface area contributed by atoms with E-state index in [9.17, 15) is 4.79 Å². The third kappa shape index (κ3) is 6.16. The van der Waals surface area contributed by atoms with E-state index in [0.717, 1.165) is 31.1 Å². The topological polar surface area (TPSA) is 80.5 Å². The van der Waals surface area contributed by atoms with Gasteiger partial charge in [-0.25, -0.2) is 4.98 Å². The molecule has 162 valence electrons. The van der Waals surface area contributed by atoms with Crippen LogP contribution in [0.15, 0.2) is 64.3 Å². The monoisotopic (exact) mass is 438 g/mol. The second kappa shape index (κ2) is 10.6. The van der Waals surface area contributed by atoms with Crippen LogP contribution in [0.2, 0.25) is 0 Å². The lowest BCUT2D eigenvalue weighted by Crippen LogP contribution is -2.47. The van der Waals surface area contributed by atoms with Crippen LogP contribution in [0.1, 0.15) is 27.4 Å². The molecule has 7 nitrogen and oxygen atoms in total. The van der Waals surface area contributed by atoms with Crippen LogP contribution in [0.4, 0.5) is 0 Å². The van der Waals surface area contributed by atoms with Crippen LogP contribution in [0.5, 0.6) is 0 Å². The van der Waals surface area contributed by atoms with Gasteiger partial charge in [-0.15, -0.1) is 0 Å². The molecule has 2 aromatic heterocycles. The van der Waals surface area contributed by atoms with E-state index in [1.165, 1.54) is 17.3 Å². The van der Waals surface area contributed by atoms with E-state index in [4.69, 9.17) is 9.26 Å². The number of aromatic nitrogens is 2. The summed E-state index contributed by atoms with van der Waals surface area (Å²) in [5.74, 6) is 1.22. The van der Waals surface area contributed by atoms with E-state index in [2.05, 4.69) is 44.6 Å². The molecule has 1 aliphatic heterocycles. The van der Waals surface area contributed by atoms with Gasteiger partial charge in [-0.05, 0) is 24.6 Å². The van der Waals surface area contributed by atoms with Crippen molar-refractivity contribution in [2.75, 3.05) is 26.2 Å². The first-order chi connectivity index (χ1) is 15.2. The van der Waals surface area contributed by atoms with Gasteiger partial charge in [-0.1, -0.05) is 47.3 Å². The standard InChI is InChI=1S/C23H26N4O3S/c1-17-12-19(26-30-17)16-31-23-21(8-5-9-24-23)22(28)25-13-20-15-27(10-11-29-20)14-18-6-3-2-4-7-18/h2-9,12,20H,10-11,13-16H2,1H3,(H,25,28). The highest BCUT2D eigenvalue weighted by atomic mass is 32.2. The number of carbonyl (C=O) groups is 1. The molecule has 31 heavy (non-hydrogen) atoms. The molecule has 1 aromatic carbocycles. The van der Waals surface area contributed by atoms with Gasteiger partial charge in [0.25, 0.3) is 5.91 Å². The molecule has 0 radical (unpaired) electrons. The number of benzene rings is 1. The minimum absolute atomic E-state index is 0.0349. The zero-order valence-corrected chi connectivity index (χ0v) is 18.3. The Bertz CT molecular complexity index is 995. The summed E-state index contributed by atoms with van der Waals surface area (Å²) in [7, 11) is 0. The molecule has 1 atom stereocenters. The molecule has 0 bridgehead atoms. The molecule has 3 aromatic rings. The first-order valence-corrected chi connectivity index (χ1v) is 11.3. The van der Waals surface area contributed by atoms with Crippen LogP contribution < -0.4 is 5.32 Å². The van der Waals surface area contributed by atoms with Gasteiger partial charge in [0, 0.05) is 44.2 Å². The minimum atomic E-state index is -0.143. The highest BCUT2D eigenvalue weighted by Gasteiger charge is 2.22. The van der Waals surface area contributed by atoms with Gasteiger partial charge < -0.3 is 14.6 Å². The molecule has 1 unspecified atom stereocenters. The lowest BCUT2D eigenvalue weighted by molar-refractivity contribution is -0.0292. The Balaban J connectivity index is 1.30. The average molecular weight is 439 g/mol. The van der Waals surface area contributed by atoms with Gasteiger partial charge in [-0.3, -0.25) is 9.69 Å².